The molecule has 0 radical (unpaired) electrons. The van der Waals surface area contributed by atoms with Crippen LogP contribution in [0.15, 0.2) is 59.4 Å². The van der Waals surface area contributed by atoms with E-state index in [1.807, 2.05) is 36.4 Å². The van der Waals surface area contributed by atoms with E-state index in [2.05, 4.69) is 35.1 Å². The molecule has 0 aliphatic carbocycles. The summed E-state index contributed by atoms with van der Waals surface area (Å²) in [5.41, 5.74) is 2.31. The number of hydrogen-bond donors (Lipinski definition) is 2. The van der Waals surface area contributed by atoms with Gasteiger partial charge in [0.05, 0.1) is 0 Å². The maximum Gasteiger partial charge on any atom is 0.268 e. The summed E-state index contributed by atoms with van der Waals surface area (Å²) >= 11 is 0. The molecule has 5 heteroatoms. The largest absolute Gasteiger partial charge is 0.347 e. The van der Waals surface area contributed by atoms with Crippen LogP contribution in [-0.4, -0.2) is 28.9 Å². The second-order valence-electron chi connectivity index (χ2n) is 6.51. The van der Waals surface area contributed by atoms with Crippen molar-refractivity contribution in [3.8, 4) is 0 Å². The van der Waals surface area contributed by atoms with Crippen LogP contribution in [0.25, 0.3) is 10.8 Å². The number of rotatable bonds is 7. The summed E-state index contributed by atoms with van der Waals surface area (Å²) in [6, 6.07) is 17.1. The van der Waals surface area contributed by atoms with Gasteiger partial charge in [-0.2, -0.15) is 0 Å². The minimum atomic E-state index is -0.282. The zero-order valence-electron chi connectivity index (χ0n) is 15.8. The molecule has 27 heavy (non-hydrogen) atoms. The van der Waals surface area contributed by atoms with Crippen LogP contribution in [0.3, 0.4) is 0 Å². The lowest BCUT2D eigenvalue weighted by Crippen LogP contribution is -2.27. The third-order valence-corrected chi connectivity index (χ3v) is 4.84. The fourth-order valence-electron chi connectivity index (χ4n) is 3.18. The Morgan fingerprint density at radius 1 is 1.00 bits per heavy atom. The Morgan fingerprint density at radius 3 is 2.41 bits per heavy atom. The second-order valence-corrected chi connectivity index (χ2v) is 6.51. The van der Waals surface area contributed by atoms with Crippen LogP contribution in [0.5, 0.6) is 0 Å². The van der Waals surface area contributed by atoms with Gasteiger partial charge in [-0.1, -0.05) is 56.3 Å². The highest BCUT2D eigenvalue weighted by atomic mass is 16.2. The standard InChI is InChI=1S/C22H25N3O2/c1-3-25(4-2)15-18-11-6-5-10-17(18)14-23-22(27)20-13-16-9-7-8-12-19(16)21(26)24-20/h5-13H,3-4,14-15H2,1-2H3,(H,23,27)(H,24,26). The zero-order valence-corrected chi connectivity index (χ0v) is 15.8. The number of H-pyrrole nitrogens is 1. The van der Waals surface area contributed by atoms with Crippen molar-refractivity contribution in [3.63, 3.8) is 0 Å². The molecule has 2 aromatic carbocycles. The molecule has 3 aromatic rings. The van der Waals surface area contributed by atoms with Crippen molar-refractivity contribution >= 4 is 16.7 Å². The van der Waals surface area contributed by atoms with E-state index in [4.69, 9.17) is 0 Å². The minimum absolute atomic E-state index is 0.250. The highest BCUT2D eigenvalue weighted by Gasteiger charge is 2.11. The van der Waals surface area contributed by atoms with Gasteiger partial charge in [-0.3, -0.25) is 14.5 Å². The highest BCUT2D eigenvalue weighted by Crippen LogP contribution is 2.13. The number of aromatic nitrogens is 1. The molecule has 2 N–H and O–H groups in total. The first-order valence-corrected chi connectivity index (χ1v) is 9.31. The van der Waals surface area contributed by atoms with E-state index < -0.39 is 0 Å². The number of fused-ring (bicyclic) bond motifs is 1. The molecule has 3 rings (SSSR count). The fraction of sp³-hybridized carbons (Fsp3) is 0.273. The summed E-state index contributed by atoms with van der Waals surface area (Å²) in [7, 11) is 0. The molecule has 0 unspecified atom stereocenters. The van der Waals surface area contributed by atoms with E-state index in [9.17, 15) is 9.59 Å². The van der Waals surface area contributed by atoms with Gasteiger partial charge in [-0.15, -0.1) is 0 Å². The predicted molar refractivity (Wildman–Crippen MR) is 109 cm³/mol. The van der Waals surface area contributed by atoms with Crippen LogP contribution in [0.2, 0.25) is 0 Å². The van der Waals surface area contributed by atoms with Gasteiger partial charge in [0.1, 0.15) is 5.69 Å². The molecule has 0 atom stereocenters. The number of pyridine rings is 1. The topological polar surface area (TPSA) is 65.2 Å². The quantitative estimate of drug-likeness (QED) is 0.677. The molecule has 1 aromatic heterocycles. The van der Waals surface area contributed by atoms with Gasteiger partial charge in [0.15, 0.2) is 0 Å². The molecule has 0 aliphatic heterocycles. The van der Waals surface area contributed by atoms with Crippen molar-refractivity contribution in [3.05, 3.63) is 81.8 Å². The van der Waals surface area contributed by atoms with E-state index in [-0.39, 0.29) is 17.2 Å². The number of hydrogen-bond acceptors (Lipinski definition) is 3. The summed E-state index contributed by atoms with van der Waals surface area (Å²) < 4.78 is 0. The number of carbonyl (C=O) groups is 1. The first-order chi connectivity index (χ1) is 13.1. The maximum absolute atomic E-state index is 12.6. The number of aromatic amines is 1. The molecule has 0 saturated heterocycles. The minimum Gasteiger partial charge on any atom is -0.347 e. The molecule has 0 aliphatic rings. The second kappa shape index (κ2) is 8.64. The van der Waals surface area contributed by atoms with Crippen molar-refractivity contribution in [2.45, 2.75) is 26.9 Å². The maximum atomic E-state index is 12.6. The summed E-state index contributed by atoms with van der Waals surface area (Å²) in [6.45, 7) is 7.52. The van der Waals surface area contributed by atoms with Crippen molar-refractivity contribution in [2.75, 3.05) is 13.1 Å². The van der Waals surface area contributed by atoms with Crippen LogP contribution >= 0.6 is 0 Å². The number of amides is 1. The van der Waals surface area contributed by atoms with Gasteiger partial charge < -0.3 is 10.3 Å². The van der Waals surface area contributed by atoms with E-state index in [0.29, 0.717) is 11.9 Å². The summed E-state index contributed by atoms with van der Waals surface area (Å²) in [5, 5.41) is 4.27. The Morgan fingerprint density at radius 2 is 1.67 bits per heavy atom. The first kappa shape index (κ1) is 18.9. The van der Waals surface area contributed by atoms with E-state index in [1.165, 1.54) is 5.56 Å². The third-order valence-electron chi connectivity index (χ3n) is 4.84. The molecule has 0 saturated carbocycles. The lowest BCUT2D eigenvalue weighted by molar-refractivity contribution is 0.0945. The lowest BCUT2D eigenvalue weighted by atomic mass is 10.1. The SMILES string of the molecule is CCN(CC)Cc1ccccc1CNC(=O)c1cc2ccccc2c(=O)[nH]1. The van der Waals surface area contributed by atoms with E-state index in [1.54, 1.807) is 12.1 Å². The van der Waals surface area contributed by atoms with Crippen molar-refractivity contribution in [2.24, 2.45) is 0 Å². The molecule has 140 valence electrons. The normalized spacial score (nSPS) is 11.1. The molecule has 0 spiro atoms. The first-order valence-electron chi connectivity index (χ1n) is 9.31. The van der Waals surface area contributed by atoms with Gasteiger partial charge in [-0.25, -0.2) is 0 Å². The Balaban J connectivity index is 1.76. The summed E-state index contributed by atoms with van der Waals surface area (Å²) in [6.07, 6.45) is 0. The monoisotopic (exact) mass is 363 g/mol. The predicted octanol–water partition coefficient (Wildman–Crippen LogP) is 3.30. The smallest absolute Gasteiger partial charge is 0.268 e. The number of nitrogens with zero attached hydrogens (tertiary/aromatic N) is 1. The van der Waals surface area contributed by atoms with Crippen LogP contribution in [0.4, 0.5) is 0 Å². The zero-order chi connectivity index (χ0) is 19.2. The third kappa shape index (κ3) is 4.44. The van der Waals surface area contributed by atoms with E-state index >= 15 is 0 Å². The van der Waals surface area contributed by atoms with Crippen LogP contribution in [0.1, 0.15) is 35.5 Å². The fourth-order valence-corrected chi connectivity index (χ4v) is 3.18. The van der Waals surface area contributed by atoms with Gasteiger partial charge in [0.2, 0.25) is 0 Å². The average molecular weight is 363 g/mol. The highest BCUT2D eigenvalue weighted by molar-refractivity contribution is 5.96. The molecular formula is C22H25N3O2. The molecular weight excluding hydrogens is 338 g/mol. The van der Waals surface area contributed by atoms with Crippen LogP contribution < -0.4 is 10.9 Å². The van der Waals surface area contributed by atoms with E-state index in [0.717, 1.165) is 30.6 Å². The number of benzene rings is 2. The molecule has 0 bridgehead atoms. The molecule has 0 fully saturated rings. The van der Waals surface area contributed by atoms with Gasteiger partial charge >= 0.3 is 0 Å². The van der Waals surface area contributed by atoms with Crippen LogP contribution in [-0.2, 0) is 13.1 Å². The summed E-state index contributed by atoms with van der Waals surface area (Å²) in [5.74, 6) is -0.282. The molecule has 5 nitrogen and oxygen atoms in total. The Bertz CT molecular complexity index is 990. The van der Waals surface area contributed by atoms with Crippen molar-refractivity contribution in [1.29, 1.82) is 0 Å². The van der Waals surface area contributed by atoms with Crippen molar-refractivity contribution in [1.82, 2.24) is 15.2 Å². The number of nitrogens with one attached hydrogen (secondary N) is 2. The van der Waals surface area contributed by atoms with Gasteiger partial charge in [0, 0.05) is 18.5 Å². The Labute approximate surface area is 159 Å². The van der Waals surface area contributed by atoms with Crippen molar-refractivity contribution < 1.29 is 4.79 Å². The lowest BCUT2D eigenvalue weighted by Gasteiger charge is -2.20. The van der Waals surface area contributed by atoms with Gasteiger partial charge in [0.25, 0.3) is 11.5 Å². The van der Waals surface area contributed by atoms with Crippen LogP contribution in [0, 0.1) is 0 Å². The van der Waals surface area contributed by atoms with Gasteiger partial charge in [-0.05, 0) is 41.7 Å². The number of carbonyl (C=O) groups excluding carboxylic acids is 1. The summed E-state index contributed by atoms with van der Waals surface area (Å²) in [4.78, 5) is 29.8. The Kier molecular flexibility index (Phi) is 6.04. The molecule has 1 amide bonds. The molecule has 1 heterocycles. The Hall–Kier alpha value is -2.92. The average Bonchev–Trinajstić information content (AvgIpc) is 2.70.